The molecule has 2 saturated carbocycles. The summed E-state index contributed by atoms with van der Waals surface area (Å²) in [6.45, 7) is 1.28. The van der Waals surface area contributed by atoms with Crippen molar-refractivity contribution in [2.24, 2.45) is 11.3 Å². The van der Waals surface area contributed by atoms with Crippen LogP contribution in [0.1, 0.15) is 32.1 Å². The van der Waals surface area contributed by atoms with Crippen LogP contribution in [0.3, 0.4) is 0 Å². The molecule has 1 aliphatic heterocycles. The van der Waals surface area contributed by atoms with Crippen molar-refractivity contribution in [1.29, 1.82) is 0 Å². The summed E-state index contributed by atoms with van der Waals surface area (Å²) >= 11 is 0. The Bertz CT molecular complexity index is 374. The van der Waals surface area contributed by atoms with Crippen molar-refractivity contribution in [1.82, 2.24) is 10.2 Å². The van der Waals surface area contributed by atoms with Gasteiger partial charge in [0.15, 0.2) is 0 Å². The zero-order valence-electron chi connectivity index (χ0n) is 10.5. The molecule has 0 aromatic rings. The lowest BCUT2D eigenvalue weighted by Crippen LogP contribution is -2.37. The predicted octanol–water partition coefficient (Wildman–Crippen LogP) is -0.114. The van der Waals surface area contributed by atoms with Gasteiger partial charge >= 0.3 is 0 Å². The van der Waals surface area contributed by atoms with Crippen molar-refractivity contribution in [2.45, 2.75) is 38.1 Å². The zero-order chi connectivity index (χ0) is 12.8. The van der Waals surface area contributed by atoms with Crippen LogP contribution in [0.5, 0.6) is 0 Å². The van der Waals surface area contributed by atoms with Gasteiger partial charge in [0, 0.05) is 31.0 Å². The number of hydrogen-bond donors (Lipinski definition) is 2. The number of carbonyl (C=O) groups is 2. The van der Waals surface area contributed by atoms with E-state index >= 15 is 0 Å². The smallest absolute Gasteiger partial charge is 0.225 e. The van der Waals surface area contributed by atoms with Crippen LogP contribution >= 0.6 is 0 Å². The molecule has 1 unspecified atom stereocenters. The third-order valence-corrected chi connectivity index (χ3v) is 4.45. The van der Waals surface area contributed by atoms with Gasteiger partial charge in [-0.05, 0) is 25.7 Å². The minimum Gasteiger partial charge on any atom is -0.396 e. The molecule has 2 aliphatic carbocycles. The van der Waals surface area contributed by atoms with Crippen LogP contribution in [-0.2, 0) is 9.59 Å². The number of carbonyl (C=O) groups excluding carboxylic acids is 2. The molecule has 0 radical (unpaired) electrons. The Morgan fingerprint density at radius 1 is 1.44 bits per heavy atom. The number of aliphatic hydroxyl groups excluding tert-OH is 1. The summed E-state index contributed by atoms with van der Waals surface area (Å²) in [4.78, 5) is 25.6. The van der Waals surface area contributed by atoms with E-state index in [9.17, 15) is 14.7 Å². The van der Waals surface area contributed by atoms with Gasteiger partial charge in [-0.15, -0.1) is 0 Å². The lowest BCUT2D eigenvalue weighted by atomic mass is 10.1. The lowest BCUT2D eigenvalue weighted by molar-refractivity contribution is -0.129. The highest BCUT2D eigenvalue weighted by atomic mass is 16.3. The van der Waals surface area contributed by atoms with Crippen LogP contribution < -0.4 is 5.32 Å². The molecule has 1 atom stereocenters. The monoisotopic (exact) mass is 252 g/mol. The molecule has 2 N–H and O–H groups in total. The summed E-state index contributed by atoms with van der Waals surface area (Å²) in [5, 5.41) is 12.1. The van der Waals surface area contributed by atoms with E-state index in [-0.39, 0.29) is 29.8 Å². The maximum absolute atomic E-state index is 12.0. The summed E-state index contributed by atoms with van der Waals surface area (Å²) in [6.07, 6.45) is 4.51. The van der Waals surface area contributed by atoms with Crippen molar-refractivity contribution in [3.63, 3.8) is 0 Å². The Morgan fingerprint density at radius 3 is 2.72 bits per heavy atom. The quantitative estimate of drug-likeness (QED) is 0.717. The number of aliphatic hydroxyl groups is 1. The molecule has 100 valence electrons. The third kappa shape index (κ3) is 2.23. The standard InChI is InChI=1S/C13H20N2O3/c16-8-13(3-4-13)7-14-12(18)9-5-11(17)15(6-9)10-1-2-10/h9-10,16H,1-8H2,(H,14,18). The average molecular weight is 252 g/mol. The summed E-state index contributed by atoms with van der Waals surface area (Å²) < 4.78 is 0. The molecule has 5 heteroatoms. The van der Waals surface area contributed by atoms with Crippen LogP contribution in [0.15, 0.2) is 0 Å². The molecule has 18 heavy (non-hydrogen) atoms. The molecule has 3 fully saturated rings. The van der Waals surface area contributed by atoms with Gasteiger partial charge in [-0.1, -0.05) is 0 Å². The normalized spacial score (nSPS) is 29.5. The van der Waals surface area contributed by atoms with Gasteiger partial charge in [0.25, 0.3) is 0 Å². The topological polar surface area (TPSA) is 69.6 Å². The SMILES string of the molecule is O=C(NCC1(CO)CC1)C1CC(=O)N(C2CC2)C1. The number of hydrogen-bond acceptors (Lipinski definition) is 3. The van der Waals surface area contributed by atoms with Crippen molar-refractivity contribution in [2.75, 3.05) is 19.7 Å². The minimum atomic E-state index is -0.187. The highest BCUT2D eigenvalue weighted by Gasteiger charge is 2.44. The second kappa shape index (κ2) is 4.23. The molecule has 0 aromatic carbocycles. The van der Waals surface area contributed by atoms with Crippen LogP contribution in [0.2, 0.25) is 0 Å². The maximum Gasteiger partial charge on any atom is 0.225 e. The molecule has 0 aromatic heterocycles. The predicted molar refractivity (Wildman–Crippen MR) is 64.6 cm³/mol. The van der Waals surface area contributed by atoms with Crippen LogP contribution in [0.25, 0.3) is 0 Å². The fourth-order valence-corrected chi connectivity index (χ4v) is 2.63. The van der Waals surface area contributed by atoms with Crippen LogP contribution in [-0.4, -0.2) is 47.6 Å². The fourth-order valence-electron chi connectivity index (χ4n) is 2.63. The summed E-state index contributed by atoms with van der Waals surface area (Å²) in [5.74, 6) is -0.0836. The van der Waals surface area contributed by atoms with E-state index < -0.39 is 0 Å². The van der Waals surface area contributed by atoms with Crippen LogP contribution in [0, 0.1) is 11.3 Å². The van der Waals surface area contributed by atoms with Gasteiger partial charge < -0.3 is 15.3 Å². The summed E-state index contributed by atoms with van der Waals surface area (Å²) in [7, 11) is 0. The molecule has 2 amide bonds. The van der Waals surface area contributed by atoms with Crippen LogP contribution in [0.4, 0.5) is 0 Å². The number of likely N-dealkylation sites (tertiary alicyclic amines) is 1. The first kappa shape index (κ1) is 12.0. The van der Waals surface area contributed by atoms with E-state index in [2.05, 4.69) is 5.32 Å². The van der Waals surface area contributed by atoms with Crippen molar-refractivity contribution < 1.29 is 14.7 Å². The molecule has 0 bridgehead atoms. The Balaban J connectivity index is 1.49. The van der Waals surface area contributed by atoms with Crippen molar-refractivity contribution in [3.05, 3.63) is 0 Å². The van der Waals surface area contributed by atoms with Gasteiger partial charge in [0.05, 0.1) is 12.5 Å². The number of rotatable bonds is 5. The van der Waals surface area contributed by atoms with E-state index in [0.29, 0.717) is 25.6 Å². The number of amides is 2. The van der Waals surface area contributed by atoms with Gasteiger partial charge in [0.2, 0.25) is 11.8 Å². The Labute approximate surface area is 107 Å². The second-order valence-electron chi connectivity index (χ2n) is 6.05. The molecule has 0 spiro atoms. The van der Waals surface area contributed by atoms with E-state index in [1.165, 1.54) is 0 Å². The summed E-state index contributed by atoms with van der Waals surface area (Å²) in [6, 6.07) is 0.405. The fraction of sp³-hybridized carbons (Fsp3) is 0.846. The molecule has 3 aliphatic rings. The first-order chi connectivity index (χ1) is 8.63. The van der Waals surface area contributed by atoms with Gasteiger partial charge in [0.1, 0.15) is 0 Å². The second-order valence-corrected chi connectivity index (χ2v) is 6.05. The first-order valence-electron chi connectivity index (χ1n) is 6.82. The van der Waals surface area contributed by atoms with Gasteiger partial charge in [-0.25, -0.2) is 0 Å². The molecule has 3 rings (SSSR count). The largest absolute Gasteiger partial charge is 0.396 e. The molecule has 5 nitrogen and oxygen atoms in total. The molecular formula is C13H20N2O3. The maximum atomic E-state index is 12.0. The minimum absolute atomic E-state index is 0.0220. The van der Waals surface area contributed by atoms with Gasteiger partial charge in [-0.3, -0.25) is 9.59 Å². The highest BCUT2D eigenvalue weighted by Crippen LogP contribution is 2.44. The van der Waals surface area contributed by atoms with E-state index in [1.54, 1.807) is 0 Å². The average Bonchev–Trinajstić information content (AvgIpc) is 3.27. The lowest BCUT2D eigenvalue weighted by Gasteiger charge is -2.17. The van der Waals surface area contributed by atoms with E-state index in [0.717, 1.165) is 25.7 Å². The molecule has 1 saturated heterocycles. The van der Waals surface area contributed by atoms with Crippen molar-refractivity contribution >= 4 is 11.8 Å². The molecule has 1 heterocycles. The van der Waals surface area contributed by atoms with Crippen molar-refractivity contribution in [3.8, 4) is 0 Å². The highest BCUT2D eigenvalue weighted by molar-refractivity contribution is 5.89. The molecular weight excluding hydrogens is 232 g/mol. The van der Waals surface area contributed by atoms with Gasteiger partial charge in [-0.2, -0.15) is 0 Å². The zero-order valence-corrected chi connectivity index (χ0v) is 10.5. The van der Waals surface area contributed by atoms with E-state index in [1.807, 2.05) is 4.90 Å². The summed E-state index contributed by atoms with van der Waals surface area (Å²) in [5.41, 5.74) is -0.0611. The Morgan fingerprint density at radius 2 is 2.17 bits per heavy atom. The number of nitrogens with one attached hydrogen (secondary N) is 1. The Kier molecular flexibility index (Phi) is 2.81. The first-order valence-corrected chi connectivity index (χ1v) is 6.82. The third-order valence-electron chi connectivity index (χ3n) is 4.45. The Hall–Kier alpha value is -1.10. The number of nitrogens with zero attached hydrogens (tertiary/aromatic N) is 1. The van der Waals surface area contributed by atoms with E-state index in [4.69, 9.17) is 0 Å².